The monoisotopic (exact) mass is 1020 g/mol. The van der Waals surface area contributed by atoms with Gasteiger partial charge in [-0.25, -0.2) is 0 Å². The predicted octanol–water partition coefficient (Wildman–Crippen LogP) is 20.4. The van der Waals surface area contributed by atoms with Crippen LogP contribution in [0.2, 0.25) is 13.1 Å². The smallest absolute Gasteiger partial charge is 0.164 e. The molecule has 0 atom stereocenters. The summed E-state index contributed by atoms with van der Waals surface area (Å²) in [5, 5.41) is 5.51. The fourth-order valence-electron chi connectivity index (χ4n) is 9.38. The van der Waals surface area contributed by atoms with Crippen LogP contribution in [0.5, 0.6) is 0 Å². The molecule has 0 heterocycles. The number of rotatable bonds is 10. The Morgan fingerprint density at radius 2 is 0.586 bits per heavy atom. The minimum absolute atomic E-state index is 0. The SMILES string of the molecule is CCCCc1cc2c(-c3ccc(C(C)(C)C)cc3)ccc(-c3ccc(C(C)(C)C)cc3)c2[cH-]1.CCCCc1cc2c(-c3ccc(C(C)(C)C)cc3)ccc(-c3ccc(C(C)(C)C)cc3)c2[cH-]1.C[Si]C.[Zr+2]. The maximum absolute atomic E-state index is 2.44. The summed E-state index contributed by atoms with van der Waals surface area (Å²) < 4.78 is 0. The zero-order chi connectivity index (χ0) is 50.3. The number of hydrogen-bond acceptors (Lipinski definition) is 0. The van der Waals surface area contributed by atoms with Crippen molar-refractivity contribution < 1.29 is 26.2 Å². The molecule has 70 heavy (non-hydrogen) atoms. The molecule has 0 aromatic heterocycles. The maximum Gasteiger partial charge on any atom is 2.00 e. The summed E-state index contributed by atoms with van der Waals surface area (Å²) in [6.45, 7) is 36.1. The van der Waals surface area contributed by atoms with Crippen LogP contribution in [0, 0.1) is 0 Å². The number of unbranched alkanes of at least 4 members (excludes halogenated alkanes) is 2. The molecule has 0 bridgehead atoms. The molecule has 0 N–H and O–H groups in total. The molecule has 0 amide bonds. The second-order valence-electron chi connectivity index (χ2n) is 23.7. The van der Waals surface area contributed by atoms with E-state index in [1.165, 1.54) is 125 Å². The first kappa shape index (κ1) is 56.6. The van der Waals surface area contributed by atoms with Crippen molar-refractivity contribution in [3.63, 3.8) is 0 Å². The van der Waals surface area contributed by atoms with Gasteiger partial charge in [0.05, 0.1) is 0 Å². The zero-order valence-corrected chi connectivity index (χ0v) is 49.6. The summed E-state index contributed by atoms with van der Waals surface area (Å²) in [5.41, 5.74) is 19.7. The van der Waals surface area contributed by atoms with Gasteiger partial charge < -0.3 is 0 Å². The van der Waals surface area contributed by atoms with Gasteiger partial charge in [-0.05, 0) is 67.9 Å². The minimum Gasteiger partial charge on any atom is -0.164 e. The van der Waals surface area contributed by atoms with Gasteiger partial charge in [-0.2, -0.15) is 12.1 Å². The molecule has 0 saturated heterocycles. The molecule has 2 radical (unpaired) electrons. The van der Waals surface area contributed by atoms with Gasteiger partial charge in [0.15, 0.2) is 0 Å². The Balaban J connectivity index is 0.000000244. The third-order valence-corrected chi connectivity index (χ3v) is 13.8. The van der Waals surface area contributed by atoms with Crippen LogP contribution >= 0.6 is 0 Å². The molecule has 8 aromatic rings. The third-order valence-electron chi connectivity index (χ3n) is 13.8. The second kappa shape index (κ2) is 23.9. The van der Waals surface area contributed by atoms with Gasteiger partial charge >= 0.3 is 26.2 Å². The van der Waals surface area contributed by atoms with Gasteiger partial charge in [0.1, 0.15) is 0 Å². The quantitative estimate of drug-likeness (QED) is 0.0946. The first-order valence-electron chi connectivity index (χ1n) is 26.0. The van der Waals surface area contributed by atoms with Crippen molar-refractivity contribution in [2.45, 2.75) is 170 Å². The van der Waals surface area contributed by atoms with Crippen molar-refractivity contribution in [1.29, 1.82) is 0 Å². The molecule has 2 heteroatoms. The van der Waals surface area contributed by atoms with Crippen molar-refractivity contribution in [2.75, 3.05) is 0 Å². The van der Waals surface area contributed by atoms with E-state index in [0.29, 0.717) is 0 Å². The summed E-state index contributed by atoms with van der Waals surface area (Å²) in [5.74, 6) is 0. The summed E-state index contributed by atoms with van der Waals surface area (Å²) in [4.78, 5) is 0. The molecule has 364 valence electrons. The summed E-state index contributed by atoms with van der Waals surface area (Å²) in [6.07, 6.45) is 7.22. The molecule has 0 nitrogen and oxygen atoms in total. The predicted molar refractivity (Wildman–Crippen MR) is 310 cm³/mol. The molecule has 0 unspecified atom stereocenters. The zero-order valence-electron chi connectivity index (χ0n) is 46.1. The molecule has 0 aliphatic carbocycles. The van der Waals surface area contributed by atoms with E-state index >= 15 is 0 Å². The first-order chi connectivity index (χ1) is 32.6. The van der Waals surface area contributed by atoms with Gasteiger partial charge in [0, 0.05) is 9.52 Å². The second-order valence-corrected chi connectivity index (χ2v) is 24.7. The van der Waals surface area contributed by atoms with E-state index in [2.05, 4.69) is 256 Å². The van der Waals surface area contributed by atoms with Crippen LogP contribution in [-0.2, 0) is 60.7 Å². The Morgan fingerprint density at radius 3 is 0.814 bits per heavy atom. The van der Waals surface area contributed by atoms with Gasteiger partial charge in [0.2, 0.25) is 0 Å². The van der Waals surface area contributed by atoms with Crippen LogP contribution < -0.4 is 0 Å². The summed E-state index contributed by atoms with van der Waals surface area (Å²) >= 11 is 0. The largest absolute Gasteiger partial charge is 2.00 e. The van der Waals surface area contributed by atoms with Crippen molar-refractivity contribution in [3.05, 3.63) is 179 Å². The molecule has 8 rings (SSSR count). The van der Waals surface area contributed by atoms with Crippen molar-refractivity contribution in [1.82, 2.24) is 0 Å². The summed E-state index contributed by atoms with van der Waals surface area (Å²) in [7, 11) is 1.08. The van der Waals surface area contributed by atoms with E-state index in [-0.39, 0.29) is 47.9 Å². The first-order valence-corrected chi connectivity index (χ1v) is 28.0. The fraction of sp³-hybridized carbons (Fsp3) is 0.382. The van der Waals surface area contributed by atoms with Gasteiger partial charge in [0.25, 0.3) is 0 Å². The van der Waals surface area contributed by atoms with E-state index < -0.39 is 0 Å². The Kier molecular flexibility index (Phi) is 19.3. The molecular weight excluding hydrogens is 936 g/mol. The minimum atomic E-state index is 0. The Bertz CT molecular complexity index is 2480. The fourth-order valence-corrected chi connectivity index (χ4v) is 9.38. The van der Waals surface area contributed by atoms with Crippen molar-refractivity contribution >= 4 is 31.1 Å². The van der Waals surface area contributed by atoms with Crippen molar-refractivity contribution in [2.24, 2.45) is 0 Å². The number of benzene rings is 6. The van der Waals surface area contributed by atoms with E-state index in [1.807, 2.05) is 0 Å². The van der Waals surface area contributed by atoms with Gasteiger partial charge in [-0.15, -0.1) is 44.8 Å². The topological polar surface area (TPSA) is 0 Å². The normalized spacial score (nSPS) is 12.0. The average Bonchev–Trinajstić information content (AvgIpc) is 3.94. The van der Waals surface area contributed by atoms with Crippen LogP contribution in [0.3, 0.4) is 0 Å². The Labute approximate surface area is 447 Å². The number of aryl methyl sites for hydroxylation is 2. The van der Waals surface area contributed by atoms with Gasteiger partial charge in [-0.3, -0.25) is 0 Å². The van der Waals surface area contributed by atoms with E-state index in [0.717, 1.165) is 22.4 Å². The molecule has 0 fully saturated rings. The summed E-state index contributed by atoms with van der Waals surface area (Å²) in [6, 6.07) is 55.8. The molecule has 0 aliphatic heterocycles. The molecule has 0 saturated carbocycles. The third kappa shape index (κ3) is 14.0. The van der Waals surface area contributed by atoms with Crippen LogP contribution in [0.15, 0.2) is 146 Å². The Hall–Kier alpha value is -4.36. The van der Waals surface area contributed by atoms with E-state index in [9.17, 15) is 0 Å². The molecule has 8 aromatic carbocycles. The standard InChI is InChI=1S/2C33H39.C2H6Si.Zr/c2*1-8-9-10-23-21-30-28(24-11-15-26(16-12-24)32(2,3)4)19-20-29(31(30)22-23)25-13-17-27(18-14-25)33(5,6)7;1-3-2;/h2*11-22H,8-10H2,1-7H3;1-2H3;/q2*-1;;+2. The molecular formula is C68H84SiZr. The van der Waals surface area contributed by atoms with Gasteiger partial charge in [-0.1, -0.05) is 290 Å². The number of hydrogen-bond donors (Lipinski definition) is 0. The average molecular weight is 1020 g/mol. The van der Waals surface area contributed by atoms with Crippen LogP contribution in [-0.4, -0.2) is 9.52 Å². The van der Waals surface area contributed by atoms with Crippen LogP contribution in [0.4, 0.5) is 0 Å². The van der Waals surface area contributed by atoms with E-state index in [4.69, 9.17) is 0 Å². The van der Waals surface area contributed by atoms with E-state index in [1.54, 1.807) is 0 Å². The number of fused-ring (bicyclic) bond motifs is 2. The van der Waals surface area contributed by atoms with Crippen molar-refractivity contribution in [3.8, 4) is 44.5 Å². The van der Waals surface area contributed by atoms with Crippen LogP contribution in [0.25, 0.3) is 66.1 Å². The van der Waals surface area contributed by atoms with Crippen LogP contribution in [0.1, 0.15) is 156 Å². The Morgan fingerprint density at radius 1 is 0.357 bits per heavy atom. The molecule has 0 aliphatic rings. The maximum atomic E-state index is 2.44. The molecule has 0 spiro atoms.